The number of hydrogen-bond acceptors (Lipinski definition) is 3. The zero-order valence-corrected chi connectivity index (χ0v) is 9.56. The number of aliphatic carboxylic acids is 1. The summed E-state index contributed by atoms with van der Waals surface area (Å²) >= 11 is 0. The summed E-state index contributed by atoms with van der Waals surface area (Å²) < 4.78 is 0. The van der Waals surface area contributed by atoms with Gasteiger partial charge in [-0.2, -0.15) is 0 Å². The molecule has 0 aliphatic carbocycles. The highest BCUT2D eigenvalue weighted by atomic mass is 16.4. The molecule has 0 aromatic carbocycles. The fourth-order valence-electron chi connectivity index (χ4n) is 1.66. The van der Waals surface area contributed by atoms with E-state index in [-0.39, 0.29) is 5.92 Å². The van der Waals surface area contributed by atoms with Gasteiger partial charge in [-0.05, 0) is 19.3 Å². The van der Waals surface area contributed by atoms with Crippen molar-refractivity contribution >= 4 is 17.9 Å². The molecule has 6 heteroatoms. The summed E-state index contributed by atoms with van der Waals surface area (Å²) in [6.07, 6.45) is 0.521. The van der Waals surface area contributed by atoms with Crippen molar-refractivity contribution in [2.45, 2.75) is 39.3 Å². The molecule has 1 heterocycles. The Balaban J connectivity index is 2.79. The summed E-state index contributed by atoms with van der Waals surface area (Å²) in [6.45, 7) is 5.18. The number of nitrogens with one attached hydrogen (secondary N) is 1. The first-order valence-corrected chi connectivity index (χ1v) is 5.21. The molecular formula is C10H16N2O4. The lowest BCUT2D eigenvalue weighted by Gasteiger charge is -2.17. The van der Waals surface area contributed by atoms with E-state index >= 15 is 0 Å². The van der Waals surface area contributed by atoms with Crippen molar-refractivity contribution in [3.8, 4) is 0 Å². The van der Waals surface area contributed by atoms with Crippen LogP contribution in [-0.2, 0) is 9.59 Å². The molecule has 0 spiro atoms. The van der Waals surface area contributed by atoms with Crippen LogP contribution in [0.3, 0.4) is 0 Å². The van der Waals surface area contributed by atoms with Gasteiger partial charge < -0.3 is 10.4 Å². The number of carbonyl (C=O) groups is 3. The van der Waals surface area contributed by atoms with Crippen LogP contribution in [0.1, 0.15) is 27.2 Å². The maximum Gasteiger partial charge on any atom is 0.326 e. The van der Waals surface area contributed by atoms with Gasteiger partial charge in [0.2, 0.25) is 0 Å². The lowest BCUT2D eigenvalue weighted by molar-refractivity contribution is -0.146. The molecule has 0 aromatic rings. The second kappa shape index (κ2) is 4.51. The summed E-state index contributed by atoms with van der Waals surface area (Å²) in [5, 5.41) is 11.3. The first-order chi connectivity index (χ1) is 7.34. The molecule has 3 amide bonds. The minimum Gasteiger partial charge on any atom is -0.480 e. The second-order valence-corrected chi connectivity index (χ2v) is 4.35. The Kier molecular flexibility index (Phi) is 3.51. The number of carboxylic acid groups (broad SMARTS) is 1. The van der Waals surface area contributed by atoms with Gasteiger partial charge in [-0.15, -0.1) is 0 Å². The number of amides is 3. The lowest BCUT2D eigenvalue weighted by atomic mass is 10.0. The van der Waals surface area contributed by atoms with Crippen LogP contribution in [0, 0.1) is 5.92 Å². The molecule has 0 aromatic heterocycles. The van der Waals surface area contributed by atoms with Gasteiger partial charge in [0, 0.05) is 0 Å². The van der Waals surface area contributed by atoms with Crippen LogP contribution in [-0.4, -0.2) is 40.0 Å². The van der Waals surface area contributed by atoms with Crippen LogP contribution in [0.2, 0.25) is 0 Å². The highest BCUT2D eigenvalue weighted by Crippen LogP contribution is 2.16. The number of carboxylic acids is 1. The number of carbonyl (C=O) groups excluding carboxylic acids is 2. The molecule has 0 radical (unpaired) electrons. The van der Waals surface area contributed by atoms with Crippen molar-refractivity contribution < 1.29 is 19.5 Å². The van der Waals surface area contributed by atoms with Gasteiger partial charge in [-0.25, -0.2) is 14.5 Å². The Bertz CT molecular complexity index is 327. The smallest absolute Gasteiger partial charge is 0.326 e. The van der Waals surface area contributed by atoms with E-state index in [1.165, 1.54) is 6.92 Å². The van der Waals surface area contributed by atoms with Crippen LogP contribution in [0.5, 0.6) is 0 Å². The number of urea groups is 1. The molecule has 1 rings (SSSR count). The van der Waals surface area contributed by atoms with Gasteiger partial charge in [0.1, 0.15) is 12.1 Å². The maximum absolute atomic E-state index is 11.8. The molecule has 1 aliphatic heterocycles. The zero-order valence-electron chi connectivity index (χ0n) is 9.56. The van der Waals surface area contributed by atoms with Crippen LogP contribution in [0.25, 0.3) is 0 Å². The molecule has 2 N–H and O–H groups in total. The first-order valence-electron chi connectivity index (χ1n) is 5.21. The van der Waals surface area contributed by atoms with Gasteiger partial charge in [0.15, 0.2) is 0 Å². The van der Waals surface area contributed by atoms with Gasteiger partial charge >= 0.3 is 12.0 Å². The SMILES string of the molecule is CC(C)CC1NC(=O)N(C(C)C(=O)O)C1=O. The largest absolute Gasteiger partial charge is 0.480 e. The van der Waals surface area contributed by atoms with Crippen molar-refractivity contribution in [2.75, 3.05) is 0 Å². The first kappa shape index (κ1) is 12.5. The van der Waals surface area contributed by atoms with Crippen LogP contribution in [0.15, 0.2) is 0 Å². The topological polar surface area (TPSA) is 86.7 Å². The number of nitrogens with zero attached hydrogens (tertiary/aromatic N) is 1. The lowest BCUT2D eigenvalue weighted by Crippen LogP contribution is -2.43. The van der Waals surface area contributed by atoms with Crippen LogP contribution in [0.4, 0.5) is 4.79 Å². The normalized spacial score (nSPS) is 22.5. The molecule has 1 saturated heterocycles. The summed E-state index contributed by atoms with van der Waals surface area (Å²) in [6, 6.07) is -2.33. The van der Waals surface area contributed by atoms with Crippen molar-refractivity contribution in [3.05, 3.63) is 0 Å². The number of rotatable bonds is 4. The average molecular weight is 228 g/mol. The van der Waals surface area contributed by atoms with E-state index in [0.717, 1.165) is 4.90 Å². The average Bonchev–Trinajstić information content (AvgIpc) is 2.40. The molecule has 0 saturated carbocycles. The van der Waals surface area contributed by atoms with Crippen molar-refractivity contribution in [3.63, 3.8) is 0 Å². The van der Waals surface area contributed by atoms with Crippen molar-refractivity contribution in [2.24, 2.45) is 5.92 Å². The Morgan fingerprint density at radius 2 is 2.00 bits per heavy atom. The Labute approximate surface area is 93.6 Å². The molecule has 2 atom stereocenters. The van der Waals surface area contributed by atoms with Gasteiger partial charge in [0.25, 0.3) is 5.91 Å². The third kappa shape index (κ3) is 2.32. The Morgan fingerprint density at radius 3 is 2.44 bits per heavy atom. The number of hydrogen-bond donors (Lipinski definition) is 2. The van der Waals surface area contributed by atoms with Crippen molar-refractivity contribution in [1.82, 2.24) is 10.2 Å². The Morgan fingerprint density at radius 1 is 1.44 bits per heavy atom. The molecule has 0 bridgehead atoms. The van der Waals surface area contributed by atoms with Gasteiger partial charge in [0.05, 0.1) is 0 Å². The maximum atomic E-state index is 11.8. The number of imide groups is 1. The van der Waals surface area contributed by atoms with Gasteiger partial charge in [-0.3, -0.25) is 4.79 Å². The van der Waals surface area contributed by atoms with E-state index in [4.69, 9.17) is 5.11 Å². The fourth-order valence-corrected chi connectivity index (χ4v) is 1.66. The monoisotopic (exact) mass is 228 g/mol. The van der Waals surface area contributed by atoms with Crippen LogP contribution >= 0.6 is 0 Å². The highest BCUT2D eigenvalue weighted by Gasteiger charge is 2.42. The highest BCUT2D eigenvalue weighted by molar-refractivity contribution is 6.06. The quantitative estimate of drug-likeness (QED) is 0.683. The molecule has 1 aliphatic rings. The van der Waals surface area contributed by atoms with E-state index in [0.29, 0.717) is 6.42 Å². The predicted octanol–water partition coefficient (Wildman–Crippen LogP) is 0.426. The van der Waals surface area contributed by atoms with Crippen LogP contribution < -0.4 is 5.32 Å². The third-order valence-electron chi connectivity index (χ3n) is 2.50. The van der Waals surface area contributed by atoms with E-state index in [2.05, 4.69) is 5.32 Å². The standard InChI is InChI=1S/C10H16N2O4/c1-5(2)4-7-8(13)12(10(16)11-7)6(3)9(14)15/h5-7H,4H2,1-3H3,(H,11,16)(H,14,15). The summed E-state index contributed by atoms with van der Waals surface area (Å²) in [4.78, 5) is 34.7. The van der Waals surface area contributed by atoms with E-state index in [1.54, 1.807) is 0 Å². The molecule has 2 unspecified atom stereocenters. The van der Waals surface area contributed by atoms with E-state index < -0.39 is 30.0 Å². The third-order valence-corrected chi connectivity index (χ3v) is 2.50. The molecular weight excluding hydrogens is 212 g/mol. The minimum absolute atomic E-state index is 0.259. The minimum atomic E-state index is -1.19. The van der Waals surface area contributed by atoms with Gasteiger partial charge in [-0.1, -0.05) is 13.8 Å². The van der Waals surface area contributed by atoms with E-state index in [9.17, 15) is 14.4 Å². The predicted molar refractivity (Wildman–Crippen MR) is 55.7 cm³/mol. The summed E-state index contributed by atoms with van der Waals surface area (Å²) in [7, 11) is 0. The zero-order chi connectivity index (χ0) is 12.5. The molecule has 90 valence electrons. The Hall–Kier alpha value is -1.59. The second-order valence-electron chi connectivity index (χ2n) is 4.35. The summed E-state index contributed by atoms with van der Waals surface area (Å²) in [5.74, 6) is -1.38. The molecule has 1 fully saturated rings. The fraction of sp³-hybridized carbons (Fsp3) is 0.700. The molecule has 16 heavy (non-hydrogen) atoms. The summed E-state index contributed by atoms with van der Waals surface area (Å²) in [5.41, 5.74) is 0. The van der Waals surface area contributed by atoms with E-state index in [1.807, 2.05) is 13.8 Å². The van der Waals surface area contributed by atoms with Crippen molar-refractivity contribution in [1.29, 1.82) is 0 Å². The molecule has 6 nitrogen and oxygen atoms in total.